The number of nitrogens with zero attached hydrogens (tertiary/aromatic N) is 1. The summed E-state index contributed by atoms with van der Waals surface area (Å²) in [7, 11) is 0. The first-order valence-electron chi connectivity index (χ1n) is 9.07. The van der Waals surface area contributed by atoms with Gasteiger partial charge < -0.3 is 9.47 Å². The third kappa shape index (κ3) is 4.77. The van der Waals surface area contributed by atoms with Crippen LogP contribution in [0.25, 0.3) is 11.1 Å². The van der Waals surface area contributed by atoms with E-state index < -0.39 is 0 Å². The van der Waals surface area contributed by atoms with E-state index in [1.54, 1.807) is 4.90 Å². The van der Waals surface area contributed by atoms with Gasteiger partial charge in [0.05, 0.1) is 13.2 Å². The zero-order valence-corrected chi connectivity index (χ0v) is 15.7. The average molecular weight is 374 g/mol. The van der Waals surface area contributed by atoms with E-state index in [1.165, 1.54) is 0 Å². The van der Waals surface area contributed by atoms with Crippen molar-refractivity contribution in [2.24, 2.45) is 0 Å². The highest BCUT2D eigenvalue weighted by Crippen LogP contribution is 2.23. The van der Waals surface area contributed by atoms with Gasteiger partial charge in [-0.15, -0.1) is 0 Å². The highest BCUT2D eigenvalue weighted by Gasteiger charge is 2.28. The lowest BCUT2D eigenvalue weighted by molar-refractivity contribution is -0.0788. The van der Waals surface area contributed by atoms with Crippen LogP contribution < -0.4 is 0 Å². The van der Waals surface area contributed by atoms with Crippen LogP contribution in [0.5, 0.6) is 0 Å². The van der Waals surface area contributed by atoms with Crippen molar-refractivity contribution in [2.45, 2.75) is 39.0 Å². The molecule has 0 saturated carbocycles. The van der Waals surface area contributed by atoms with Crippen LogP contribution in [0.1, 0.15) is 31.7 Å². The van der Waals surface area contributed by atoms with Crippen LogP contribution >= 0.6 is 11.6 Å². The van der Waals surface area contributed by atoms with Gasteiger partial charge in [-0.2, -0.15) is 0 Å². The average Bonchev–Trinajstić information content (AvgIpc) is 2.68. The van der Waals surface area contributed by atoms with E-state index in [4.69, 9.17) is 21.1 Å². The molecule has 1 heterocycles. The van der Waals surface area contributed by atoms with Gasteiger partial charge in [-0.3, -0.25) is 4.90 Å². The molecule has 5 heteroatoms. The number of carbonyl (C=O) groups excluding carboxylic acids is 1. The lowest BCUT2D eigenvalue weighted by Crippen LogP contribution is -2.45. The van der Waals surface area contributed by atoms with Crippen molar-refractivity contribution < 1.29 is 14.3 Å². The zero-order chi connectivity index (χ0) is 18.4. The molecular formula is C21H24ClNO3. The van der Waals surface area contributed by atoms with E-state index in [-0.39, 0.29) is 12.3 Å². The smallest absolute Gasteiger partial charge is 0.411 e. The Morgan fingerprint density at radius 2 is 1.73 bits per heavy atom. The number of ether oxygens (including phenoxy) is 2. The van der Waals surface area contributed by atoms with E-state index in [9.17, 15) is 4.79 Å². The highest BCUT2D eigenvalue weighted by atomic mass is 35.5. The molecule has 3 rings (SSSR count). The van der Waals surface area contributed by atoms with Gasteiger partial charge in [0.15, 0.2) is 0 Å². The van der Waals surface area contributed by atoms with Gasteiger partial charge in [-0.1, -0.05) is 48.0 Å². The summed E-state index contributed by atoms with van der Waals surface area (Å²) in [6.07, 6.45) is 2.42. The standard InChI is InChI=1S/C21H24ClNO3/c1-2-25-21(24)23-14-4-3-5-20(23)26-15-16-6-8-17(9-7-16)18-10-12-19(22)13-11-18/h6-13,20H,2-5,14-15H2,1H3. The maximum absolute atomic E-state index is 12.1. The van der Waals surface area contributed by atoms with Gasteiger partial charge in [-0.25, -0.2) is 4.79 Å². The molecule has 0 aliphatic carbocycles. The SMILES string of the molecule is CCOC(=O)N1CCCCC1OCc1ccc(-c2ccc(Cl)cc2)cc1. The summed E-state index contributed by atoms with van der Waals surface area (Å²) in [6, 6.07) is 16.1. The second-order valence-electron chi connectivity index (χ2n) is 6.36. The van der Waals surface area contributed by atoms with Crippen molar-refractivity contribution in [1.29, 1.82) is 0 Å². The number of rotatable bonds is 5. The maximum atomic E-state index is 12.1. The summed E-state index contributed by atoms with van der Waals surface area (Å²) in [5, 5.41) is 0.734. The van der Waals surface area contributed by atoms with E-state index in [2.05, 4.69) is 24.3 Å². The van der Waals surface area contributed by atoms with Crippen LogP contribution in [-0.4, -0.2) is 30.4 Å². The Hall–Kier alpha value is -2.04. The lowest BCUT2D eigenvalue weighted by Gasteiger charge is -2.34. The normalized spacial score (nSPS) is 17.2. The number of hydrogen-bond acceptors (Lipinski definition) is 3. The molecule has 1 amide bonds. The number of carbonyl (C=O) groups is 1. The topological polar surface area (TPSA) is 38.8 Å². The quantitative estimate of drug-likeness (QED) is 0.695. The first kappa shape index (κ1) is 18.7. The zero-order valence-electron chi connectivity index (χ0n) is 15.0. The van der Waals surface area contributed by atoms with Gasteiger partial charge in [0.2, 0.25) is 0 Å². The Labute approximate surface area is 159 Å². The van der Waals surface area contributed by atoms with Gasteiger partial charge in [0.25, 0.3) is 0 Å². The first-order valence-corrected chi connectivity index (χ1v) is 9.45. The van der Waals surface area contributed by atoms with Crippen molar-refractivity contribution in [3.63, 3.8) is 0 Å². The molecule has 138 valence electrons. The molecule has 4 nitrogen and oxygen atoms in total. The predicted octanol–water partition coefficient (Wildman–Crippen LogP) is 5.49. The lowest BCUT2D eigenvalue weighted by atomic mass is 10.0. The van der Waals surface area contributed by atoms with Crippen molar-refractivity contribution in [3.05, 3.63) is 59.1 Å². The number of likely N-dealkylation sites (tertiary alicyclic amines) is 1. The molecule has 1 saturated heterocycles. The molecule has 0 radical (unpaired) electrons. The minimum absolute atomic E-state index is 0.209. The molecular weight excluding hydrogens is 350 g/mol. The van der Waals surface area contributed by atoms with Crippen molar-refractivity contribution in [3.8, 4) is 11.1 Å². The minimum atomic E-state index is -0.282. The molecule has 2 aromatic rings. The molecule has 0 N–H and O–H groups in total. The molecule has 0 spiro atoms. The summed E-state index contributed by atoms with van der Waals surface area (Å²) in [5.41, 5.74) is 3.34. The molecule has 1 aliphatic rings. The summed E-state index contributed by atoms with van der Waals surface area (Å²) < 4.78 is 11.2. The Morgan fingerprint density at radius 1 is 1.08 bits per heavy atom. The van der Waals surface area contributed by atoms with E-state index in [0.717, 1.165) is 41.0 Å². The van der Waals surface area contributed by atoms with Crippen LogP contribution in [0.2, 0.25) is 5.02 Å². The fraction of sp³-hybridized carbons (Fsp3) is 0.381. The van der Waals surface area contributed by atoms with Gasteiger partial charge in [0, 0.05) is 11.6 Å². The summed E-state index contributed by atoms with van der Waals surface area (Å²) >= 11 is 5.94. The molecule has 0 bridgehead atoms. The van der Waals surface area contributed by atoms with Crippen molar-refractivity contribution >= 4 is 17.7 Å². The minimum Gasteiger partial charge on any atom is -0.450 e. The molecule has 1 unspecified atom stereocenters. The highest BCUT2D eigenvalue weighted by molar-refractivity contribution is 6.30. The van der Waals surface area contributed by atoms with Crippen LogP contribution in [0.3, 0.4) is 0 Å². The fourth-order valence-corrected chi connectivity index (χ4v) is 3.24. The van der Waals surface area contributed by atoms with Crippen molar-refractivity contribution in [2.75, 3.05) is 13.2 Å². The number of piperidine rings is 1. The molecule has 1 atom stereocenters. The number of benzene rings is 2. The van der Waals surface area contributed by atoms with Gasteiger partial charge in [-0.05, 0) is 55.0 Å². The van der Waals surface area contributed by atoms with E-state index >= 15 is 0 Å². The van der Waals surface area contributed by atoms with E-state index in [1.807, 2.05) is 31.2 Å². The Bertz CT molecular complexity index is 715. The summed E-state index contributed by atoms with van der Waals surface area (Å²) in [5.74, 6) is 0. The van der Waals surface area contributed by atoms with Crippen LogP contribution in [-0.2, 0) is 16.1 Å². The van der Waals surface area contributed by atoms with Gasteiger partial charge in [0.1, 0.15) is 6.23 Å². The van der Waals surface area contributed by atoms with Crippen LogP contribution in [0.15, 0.2) is 48.5 Å². The molecule has 26 heavy (non-hydrogen) atoms. The number of hydrogen-bond donors (Lipinski definition) is 0. The maximum Gasteiger partial charge on any atom is 0.411 e. The third-order valence-corrected chi connectivity index (χ3v) is 4.78. The molecule has 2 aromatic carbocycles. The Balaban J connectivity index is 1.60. The summed E-state index contributed by atoms with van der Waals surface area (Å²) in [4.78, 5) is 13.8. The molecule has 0 aromatic heterocycles. The largest absolute Gasteiger partial charge is 0.450 e. The molecule has 1 aliphatic heterocycles. The predicted molar refractivity (Wildman–Crippen MR) is 103 cm³/mol. The Kier molecular flexibility index (Phi) is 6.53. The van der Waals surface area contributed by atoms with Crippen molar-refractivity contribution in [1.82, 2.24) is 4.90 Å². The number of amides is 1. The second kappa shape index (κ2) is 9.06. The fourth-order valence-electron chi connectivity index (χ4n) is 3.12. The van der Waals surface area contributed by atoms with Gasteiger partial charge >= 0.3 is 6.09 Å². The second-order valence-corrected chi connectivity index (χ2v) is 6.79. The number of halogens is 1. The van der Waals surface area contributed by atoms with E-state index in [0.29, 0.717) is 19.8 Å². The Morgan fingerprint density at radius 3 is 2.38 bits per heavy atom. The summed E-state index contributed by atoms with van der Waals surface area (Å²) in [6.45, 7) is 3.37. The van der Waals surface area contributed by atoms with Crippen LogP contribution in [0.4, 0.5) is 4.79 Å². The monoisotopic (exact) mass is 373 g/mol. The molecule has 1 fully saturated rings. The first-order chi connectivity index (χ1) is 12.7. The van der Waals surface area contributed by atoms with Crippen LogP contribution in [0, 0.1) is 0 Å². The third-order valence-electron chi connectivity index (χ3n) is 4.52.